The smallest absolute Gasteiger partial charge is 0.339 e. The minimum atomic E-state index is -0.636. The molecule has 0 amide bonds. The van der Waals surface area contributed by atoms with Crippen molar-refractivity contribution >= 4 is 11.9 Å². The van der Waals surface area contributed by atoms with Crippen molar-refractivity contribution in [3.8, 4) is 39.9 Å². The van der Waals surface area contributed by atoms with Crippen LogP contribution in [-0.2, 0) is 9.47 Å². The van der Waals surface area contributed by atoms with Crippen molar-refractivity contribution in [1.29, 1.82) is 0 Å². The van der Waals surface area contributed by atoms with Crippen molar-refractivity contribution in [2.75, 3.05) is 41.3 Å². The number of carbonyl (C=O) groups excluding carboxylic acids is 2. The molecule has 0 unspecified atom stereocenters. The molecule has 0 saturated carbocycles. The molecule has 1 aliphatic heterocycles. The molecule has 0 N–H and O–H groups in total. The predicted molar refractivity (Wildman–Crippen MR) is 110 cm³/mol. The Hall–Kier alpha value is -3.62. The van der Waals surface area contributed by atoms with Gasteiger partial charge in [-0.1, -0.05) is 0 Å². The van der Waals surface area contributed by atoms with Gasteiger partial charge < -0.3 is 33.2 Å². The topological polar surface area (TPSA) is 98.8 Å². The van der Waals surface area contributed by atoms with Crippen LogP contribution < -0.4 is 23.7 Å². The standard InChI is InChI=1S/C22H24O9/c1-6-28-21(23)12-8-9-14-18(31-11-30-14)16(12)17-13(22(24)29-7-2)10-15(25-3)19(26-4)20(17)27-5/h8-10H,6-7,11H2,1-5H3. The zero-order chi connectivity index (χ0) is 22.5. The molecule has 0 aromatic heterocycles. The lowest BCUT2D eigenvalue weighted by molar-refractivity contribution is 0.0514. The molecule has 166 valence electrons. The van der Waals surface area contributed by atoms with E-state index in [-0.39, 0.29) is 65.3 Å². The third-order valence-electron chi connectivity index (χ3n) is 4.61. The normalized spacial score (nSPS) is 11.6. The van der Waals surface area contributed by atoms with Crippen LogP contribution >= 0.6 is 0 Å². The van der Waals surface area contributed by atoms with Crippen LogP contribution in [0, 0.1) is 0 Å². The number of hydrogen-bond donors (Lipinski definition) is 0. The number of methoxy groups -OCH3 is 3. The number of ether oxygens (including phenoxy) is 7. The van der Waals surface area contributed by atoms with Gasteiger partial charge >= 0.3 is 11.9 Å². The number of rotatable bonds is 8. The molecule has 0 atom stereocenters. The van der Waals surface area contributed by atoms with Gasteiger partial charge in [-0.3, -0.25) is 0 Å². The first kappa shape index (κ1) is 22.1. The second kappa shape index (κ2) is 9.46. The van der Waals surface area contributed by atoms with E-state index in [9.17, 15) is 9.59 Å². The fourth-order valence-corrected chi connectivity index (χ4v) is 3.37. The molecule has 2 aromatic carbocycles. The molecule has 0 spiro atoms. The van der Waals surface area contributed by atoms with Crippen LogP contribution in [0.5, 0.6) is 28.7 Å². The minimum absolute atomic E-state index is 0.0427. The predicted octanol–water partition coefficient (Wildman–Crippen LogP) is 3.46. The van der Waals surface area contributed by atoms with Gasteiger partial charge in [0, 0.05) is 11.1 Å². The maximum absolute atomic E-state index is 12.9. The summed E-state index contributed by atoms with van der Waals surface area (Å²) in [6.07, 6.45) is 0. The average molecular weight is 432 g/mol. The van der Waals surface area contributed by atoms with Gasteiger partial charge in [-0.05, 0) is 32.0 Å². The second-order valence-electron chi connectivity index (χ2n) is 6.23. The molecular weight excluding hydrogens is 408 g/mol. The van der Waals surface area contributed by atoms with Crippen LogP contribution in [0.1, 0.15) is 34.6 Å². The third kappa shape index (κ3) is 3.90. The van der Waals surface area contributed by atoms with Gasteiger partial charge in [-0.2, -0.15) is 0 Å². The zero-order valence-electron chi connectivity index (χ0n) is 18.0. The number of benzene rings is 2. The Labute approximate surface area is 179 Å². The summed E-state index contributed by atoms with van der Waals surface area (Å²) in [7, 11) is 4.29. The summed E-state index contributed by atoms with van der Waals surface area (Å²) in [5, 5.41) is 0. The molecule has 0 fully saturated rings. The van der Waals surface area contributed by atoms with Crippen molar-refractivity contribution < 1.29 is 42.7 Å². The molecule has 3 rings (SSSR count). The van der Waals surface area contributed by atoms with Crippen LogP contribution in [-0.4, -0.2) is 53.3 Å². The quantitative estimate of drug-likeness (QED) is 0.581. The summed E-state index contributed by atoms with van der Waals surface area (Å²) < 4.78 is 38.1. The molecule has 31 heavy (non-hydrogen) atoms. The minimum Gasteiger partial charge on any atom is -0.493 e. The summed E-state index contributed by atoms with van der Waals surface area (Å²) in [6, 6.07) is 4.63. The van der Waals surface area contributed by atoms with Gasteiger partial charge in [-0.25, -0.2) is 9.59 Å². The molecule has 0 saturated heterocycles. The monoisotopic (exact) mass is 432 g/mol. The molecule has 9 nitrogen and oxygen atoms in total. The van der Waals surface area contributed by atoms with Gasteiger partial charge in [0.15, 0.2) is 23.0 Å². The van der Waals surface area contributed by atoms with E-state index in [1.807, 2.05) is 0 Å². The molecule has 0 bridgehead atoms. The highest BCUT2D eigenvalue weighted by atomic mass is 16.7. The lowest BCUT2D eigenvalue weighted by Crippen LogP contribution is -2.12. The summed E-state index contributed by atoms with van der Waals surface area (Å²) in [5.74, 6) is 0.120. The zero-order valence-corrected chi connectivity index (χ0v) is 18.0. The van der Waals surface area contributed by atoms with E-state index >= 15 is 0 Å². The first-order valence-electron chi connectivity index (χ1n) is 9.62. The summed E-state index contributed by atoms with van der Waals surface area (Å²) in [5.41, 5.74) is 0.784. The Balaban J connectivity index is 2.45. The van der Waals surface area contributed by atoms with Gasteiger partial charge in [0.2, 0.25) is 12.5 Å². The Morgan fingerprint density at radius 3 is 2.06 bits per heavy atom. The van der Waals surface area contributed by atoms with Gasteiger partial charge in [0.05, 0.1) is 45.7 Å². The molecule has 9 heteroatoms. The molecule has 1 heterocycles. The highest BCUT2D eigenvalue weighted by Crippen LogP contribution is 2.53. The molecule has 1 aliphatic rings. The first-order valence-corrected chi connectivity index (χ1v) is 9.62. The van der Waals surface area contributed by atoms with Crippen molar-refractivity contribution in [2.24, 2.45) is 0 Å². The third-order valence-corrected chi connectivity index (χ3v) is 4.61. The van der Waals surface area contributed by atoms with Gasteiger partial charge in [-0.15, -0.1) is 0 Å². The van der Waals surface area contributed by atoms with Crippen molar-refractivity contribution in [3.63, 3.8) is 0 Å². The van der Waals surface area contributed by atoms with Crippen molar-refractivity contribution in [3.05, 3.63) is 29.3 Å². The van der Waals surface area contributed by atoms with Crippen LogP contribution in [0.25, 0.3) is 11.1 Å². The second-order valence-corrected chi connectivity index (χ2v) is 6.23. The Morgan fingerprint density at radius 2 is 1.48 bits per heavy atom. The summed E-state index contributed by atoms with van der Waals surface area (Å²) >= 11 is 0. The fraction of sp³-hybridized carbons (Fsp3) is 0.364. The summed E-state index contributed by atoms with van der Waals surface area (Å²) in [4.78, 5) is 25.7. The number of hydrogen-bond acceptors (Lipinski definition) is 9. The number of carbonyl (C=O) groups is 2. The molecule has 0 aliphatic carbocycles. The Morgan fingerprint density at radius 1 is 0.839 bits per heavy atom. The van der Waals surface area contributed by atoms with Crippen LogP contribution in [0.15, 0.2) is 18.2 Å². The maximum atomic E-state index is 12.9. The first-order chi connectivity index (χ1) is 15.0. The van der Waals surface area contributed by atoms with E-state index in [1.165, 1.54) is 27.4 Å². The SMILES string of the molecule is CCOC(=O)c1ccc2c(c1-c1c(C(=O)OCC)cc(OC)c(OC)c1OC)OCO2. The highest BCUT2D eigenvalue weighted by molar-refractivity contribution is 6.08. The molecule has 2 aromatic rings. The van der Waals surface area contributed by atoms with E-state index in [2.05, 4.69) is 0 Å². The lowest BCUT2D eigenvalue weighted by atomic mass is 9.92. The lowest BCUT2D eigenvalue weighted by Gasteiger charge is -2.21. The van der Waals surface area contributed by atoms with Gasteiger partial charge in [0.1, 0.15) is 0 Å². The average Bonchev–Trinajstić information content (AvgIpc) is 3.26. The van der Waals surface area contributed by atoms with E-state index in [4.69, 9.17) is 33.2 Å². The Bertz CT molecular complexity index is 997. The van der Waals surface area contributed by atoms with Gasteiger partial charge in [0.25, 0.3) is 0 Å². The van der Waals surface area contributed by atoms with E-state index in [0.717, 1.165) is 0 Å². The number of esters is 2. The van der Waals surface area contributed by atoms with Crippen LogP contribution in [0.2, 0.25) is 0 Å². The summed E-state index contributed by atoms with van der Waals surface area (Å²) in [6.45, 7) is 3.66. The molecule has 0 radical (unpaired) electrons. The van der Waals surface area contributed by atoms with Crippen LogP contribution in [0.3, 0.4) is 0 Å². The van der Waals surface area contributed by atoms with Crippen LogP contribution in [0.4, 0.5) is 0 Å². The van der Waals surface area contributed by atoms with E-state index in [1.54, 1.807) is 26.0 Å². The number of fused-ring (bicyclic) bond motifs is 1. The molecular formula is C22H24O9. The van der Waals surface area contributed by atoms with Crippen molar-refractivity contribution in [2.45, 2.75) is 13.8 Å². The van der Waals surface area contributed by atoms with Crippen molar-refractivity contribution in [1.82, 2.24) is 0 Å². The highest BCUT2D eigenvalue weighted by Gasteiger charge is 2.34. The van der Waals surface area contributed by atoms with E-state index < -0.39 is 11.9 Å². The fourth-order valence-electron chi connectivity index (χ4n) is 3.37. The van der Waals surface area contributed by atoms with E-state index in [0.29, 0.717) is 5.75 Å². The Kier molecular flexibility index (Phi) is 6.74. The largest absolute Gasteiger partial charge is 0.493 e. The maximum Gasteiger partial charge on any atom is 0.339 e.